The third-order valence-electron chi connectivity index (χ3n) is 14.0. The molecule has 8 bridgehead atoms. The zero-order valence-electron chi connectivity index (χ0n) is 28.4. The summed E-state index contributed by atoms with van der Waals surface area (Å²) in [5, 5.41) is 2.31. The normalized spacial score (nSPS) is 36.7. The fourth-order valence-corrected chi connectivity index (χ4v) is 19.9. The highest BCUT2D eigenvalue weighted by Gasteiger charge is 2.62. The smallest absolute Gasteiger partial charge is 0.0935 e. The van der Waals surface area contributed by atoms with E-state index in [4.69, 9.17) is 9.97 Å². The lowest BCUT2D eigenvalue weighted by atomic mass is 9.55. The molecule has 8 aliphatic rings. The van der Waals surface area contributed by atoms with Crippen LogP contribution in [0, 0.1) is 35.5 Å². The van der Waals surface area contributed by atoms with Crippen molar-refractivity contribution in [2.75, 3.05) is 0 Å². The minimum absolute atomic E-state index is 0.163. The van der Waals surface area contributed by atoms with Crippen molar-refractivity contribution in [3.05, 3.63) is 89.5 Å². The maximum Gasteiger partial charge on any atom is 0.0935 e. The van der Waals surface area contributed by atoms with E-state index < -0.39 is 13.2 Å². The molecule has 8 aliphatic carbocycles. The second-order valence-corrected chi connectivity index (χ2v) is 27.2. The van der Waals surface area contributed by atoms with Crippen molar-refractivity contribution < 1.29 is 0 Å². The van der Waals surface area contributed by atoms with E-state index >= 15 is 0 Å². The van der Waals surface area contributed by atoms with Crippen molar-refractivity contribution in [1.29, 1.82) is 0 Å². The molecule has 242 valence electrons. The van der Waals surface area contributed by atoms with Crippen LogP contribution < -0.4 is 5.19 Å². The molecule has 0 radical (unpaired) electrons. The van der Waals surface area contributed by atoms with Crippen LogP contribution in [0.5, 0.6) is 0 Å². The minimum Gasteiger partial charge on any atom is -0.260 e. The molecule has 2 aromatic heterocycles. The Morgan fingerprint density at radius 1 is 0.674 bits per heavy atom. The number of pyridine rings is 2. The monoisotopic (exact) mass is 664 g/mol. The predicted molar refractivity (Wildman–Crippen MR) is 200 cm³/mol. The van der Waals surface area contributed by atoms with Crippen LogP contribution in [0.25, 0.3) is 0 Å². The molecule has 0 amide bonds. The van der Waals surface area contributed by atoms with Crippen LogP contribution in [0.3, 0.4) is 0 Å². The highest BCUT2D eigenvalue weighted by Crippen LogP contribution is 2.79. The lowest BCUT2D eigenvalue weighted by molar-refractivity contribution is 0.0184. The first-order valence-corrected chi connectivity index (χ1v) is 24.3. The first-order valence-electron chi connectivity index (χ1n) is 18.7. The molecule has 8 fully saturated rings. The molecule has 2 nitrogen and oxygen atoms in total. The molecule has 0 aliphatic heterocycles. The van der Waals surface area contributed by atoms with E-state index in [0.29, 0.717) is 10.3 Å². The van der Waals surface area contributed by atoms with Crippen LogP contribution >= 0.6 is 17.2 Å². The molecule has 0 spiro atoms. The molecule has 11 rings (SSSR count). The Labute approximate surface area is 282 Å². The van der Waals surface area contributed by atoms with E-state index in [1.165, 1.54) is 11.7 Å². The van der Waals surface area contributed by atoms with Gasteiger partial charge in [0.15, 0.2) is 0 Å². The van der Waals surface area contributed by atoms with Crippen LogP contribution in [0.1, 0.15) is 99.6 Å². The summed E-state index contributed by atoms with van der Waals surface area (Å²) in [6, 6.07) is 20.8. The van der Waals surface area contributed by atoms with E-state index in [1.807, 2.05) is 12.4 Å². The lowest BCUT2D eigenvalue weighted by Crippen LogP contribution is -2.56. The molecular formula is C41H54N2P2Si. The number of aromatic nitrogens is 2. The summed E-state index contributed by atoms with van der Waals surface area (Å²) in [7, 11) is 1.62. The van der Waals surface area contributed by atoms with Gasteiger partial charge >= 0.3 is 0 Å². The van der Waals surface area contributed by atoms with Gasteiger partial charge in [-0.15, -0.1) is 9.24 Å². The molecule has 1 atom stereocenters. The number of hydrogen-bond acceptors (Lipinski definition) is 2. The number of benzene rings is 1. The second-order valence-electron chi connectivity index (χ2n) is 18.2. The van der Waals surface area contributed by atoms with Crippen LogP contribution in [0.15, 0.2) is 67.0 Å². The summed E-state index contributed by atoms with van der Waals surface area (Å²) in [4.78, 5) is 10.2. The summed E-state index contributed by atoms with van der Waals surface area (Å²) >= 11 is 0. The van der Waals surface area contributed by atoms with E-state index in [1.54, 1.807) is 87.8 Å². The lowest BCUT2D eigenvalue weighted by Gasteiger charge is -2.67. The summed E-state index contributed by atoms with van der Waals surface area (Å²) in [6.45, 7) is 7.53. The Bertz CT molecular complexity index is 1440. The van der Waals surface area contributed by atoms with Crippen molar-refractivity contribution in [2.24, 2.45) is 35.5 Å². The van der Waals surface area contributed by atoms with Gasteiger partial charge in [0.2, 0.25) is 0 Å². The fourth-order valence-electron chi connectivity index (χ4n) is 12.9. The summed E-state index contributed by atoms with van der Waals surface area (Å²) < 4.78 is 0. The third-order valence-corrected chi connectivity index (χ3v) is 21.0. The van der Waals surface area contributed by atoms with E-state index in [2.05, 4.69) is 83.5 Å². The Hall–Kier alpha value is -1.40. The van der Waals surface area contributed by atoms with Gasteiger partial charge in [0.05, 0.1) is 24.6 Å². The van der Waals surface area contributed by atoms with Crippen molar-refractivity contribution in [3.8, 4) is 0 Å². The van der Waals surface area contributed by atoms with Gasteiger partial charge in [-0.25, -0.2) is 0 Å². The Balaban J connectivity index is 1.23. The quantitative estimate of drug-likeness (QED) is 0.177. The highest BCUT2D eigenvalue weighted by molar-refractivity contribution is 7.60. The molecule has 8 saturated carbocycles. The zero-order chi connectivity index (χ0) is 31.3. The number of nitrogens with zero attached hydrogens (tertiary/aromatic N) is 2. The third kappa shape index (κ3) is 4.98. The zero-order valence-corrected chi connectivity index (χ0v) is 31.5. The predicted octanol–water partition coefficient (Wildman–Crippen LogP) is 10.1. The van der Waals surface area contributed by atoms with Gasteiger partial charge < -0.3 is 0 Å². The number of rotatable bonds is 8. The van der Waals surface area contributed by atoms with Gasteiger partial charge in [-0.2, -0.15) is 0 Å². The largest absolute Gasteiger partial charge is 0.260 e. The van der Waals surface area contributed by atoms with Gasteiger partial charge in [-0.1, -0.05) is 63.1 Å². The van der Waals surface area contributed by atoms with Gasteiger partial charge in [0.25, 0.3) is 0 Å². The molecule has 1 aromatic carbocycles. The Kier molecular flexibility index (Phi) is 7.36. The second kappa shape index (κ2) is 11.1. The van der Waals surface area contributed by atoms with Gasteiger partial charge in [0.1, 0.15) is 0 Å². The molecule has 2 heterocycles. The van der Waals surface area contributed by atoms with Crippen LogP contribution in [0.2, 0.25) is 19.6 Å². The summed E-state index contributed by atoms with van der Waals surface area (Å²) in [6.07, 6.45) is 23.9. The fraction of sp³-hybridized carbons (Fsp3) is 0.610. The number of hydrogen-bond donors (Lipinski definition) is 0. The highest BCUT2D eigenvalue weighted by atomic mass is 31.1. The first kappa shape index (κ1) is 30.6. The van der Waals surface area contributed by atoms with Crippen LogP contribution in [0.4, 0.5) is 0 Å². The molecule has 3 aromatic rings. The van der Waals surface area contributed by atoms with Crippen LogP contribution in [-0.2, 0) is 11.3 Å². The van der Waals surface area contributed by atoms with Gasteiger partial charge in [-0.3, -0.25) is 9.97 Å². The maximum atomic E-state index is 5.08. The van der Waals surface area contributed by atoms with E-state index in [9.17, 15) is 0 Å². The molecule has 0 N–H and O–H groups in total. The minimum atomic E-state index is -1.57. The molecule has 0 saturated heterocycles. The Morgan fingerprint density at radius 2 is 1.11 bits per heavy atom. The maximum absolute atomic E-state index is 5.08. The standard InChI is InChI=1S/C41H54N2P2Si/c1-46(2,3)35-11-10-34(36(20-35)41(44,37-8-4-6-12-42-37)38-9-5-7-13-43-38)27-45(39-21-28-14-29(22-39)16-30(15-28)23-39)40-24-31-17-32(25-40)19-33(18-31)26-40/h4-13,20,28-33H,14-19,21-27,44H2,1-3H3. The average molecular weight is 665 g/mol. The topological polar surface area (TPSA) is 25.8 Å². The van der Waals surface area contributed by atoms with Crippen LogP contribution in [-0.4, -0.2) is 28.4 Å². The van der Waals surface area contributed by atoms with E-state index in [0.717, 1.165) is 46.9 Å². The molecule has 5 heteroatoms. The van der Waals surface area contributed by atoms with Crippen molar-refractivity contribution in [3.63, 3.8) is 0 Å². The summed E-state index contributed by atoms with van der Waals surface area (Å²) in [5.41, 5.74) is 5.28. The molecule has 46 heavy (non-hydrogen) atoms. The Morgan fingerprint density at radius 3 is 1.48 bits per heavy atom. The first-order chi connectivity index (χ1) is 22.1. The molecule has 1 unspecified atom stereocenters. The summed E-state index contributed by atoms with van der Waals surface area (Å²) in [5.74, 6) is 6.09. The van der Waals surface area contributed by atoms with Crippen molar-refractivity contribution >= 4 is 30.4 Å². The van der Waals surface area contributed by atoms with Gasteiger partial charge in [-0.05, 0) is 164 Å². The van der Waals surface area contributed by atoms with E-state index in [-0.39, 0.29) is 7.92 Å². The van der Waals surface area contributed by atoms with Gasteiger partial charge in [0, 0.05) is 12.4 Å². The average Bonchev–Trinajstić information content (AvgIpc) is 3.02. The van der Waals surface area contributed by atoms with Crippen molar-refractivity contribution in [2.45, 2.75) is 118 Å². The van der Waals surface area contributed by atoms with Crippen molar-refractivity contribution in [1.82, 2.24) is 9.97 Å². The SMILES string of the molecule is C[Si](C)(C)c1ccc(CP(C23CC4CC(CC(C4)C2)C3)C23CC4CC(CC(C4)C2)C3)c(C(P)(c2ccccn2)c2ccccn2)c1. The molecular weight excluding hydrogens is 610 g/mol.